The van der Waals surface area contributed by atoms with Crippen LogP contribution in [0.4, 0.5) is 17.1 Å². The number of aryl methyl sites for hydroxylation is 1. The molecule has 0 aromatic heterocycles. The summed E-state index contributed by atoms with van der Waals surface area (Å²) in [6.45, 7) is 5.94. The fraction of sp³-hybridized carbons (Fsp3) is 0.333. The summed E-state index contributed by atoms with van der Waals surface area (Å²) in [6.07, 6.45) is -0.173. The number of hydrogen-bond acceptors (Lipinski definition) is 4. The lowest BCUT2D eigenvalue weighted by Gasteiger charge is -2.37. The largest absolute Gasteiger partial charge is 0.481 e. The highest BCUT2D eigenvalue weighted by Gasteiger charge is 2.17. The van der Waals surface area contributed by atoms with E-state index < -0.39 is 5.97 Å². The molecule has 0 atom stereocenters. The number of nitrogens with one attached hydrogen (secondary N) is 1. The summed E-state index contributed by atoms with van der Waals surface area (Å²) in [4.78, 5) is 27.0. The van der Waals surface area contributed by atoms with Gasteiger partial charge in [0.2, 0.25) is 5.91 Å². The third-order valence-corrected chi connectivity index (χ3v) is 4.73. The van der Waals surface area contributed by atoms with Gasteiger partial charge in [0, 0.05) is 49.7 Å². The molecule has 2 aromatic carbocycles. The average Bonchev–Trinajstić information content (AvgIpc) is 2.67. The number of hydrogen-bond donors (Lipinski definition) is 2. The lowest BCUT2D eigenvalue weighted by atomic mass is 10.1. The normalized spacial score (nSPS) is 14.1. The van der Waals surface area contributed by atoms with Gasteiger partial charge in [-0.25, -0.2) is 0 Å². The highest BCUT2D eigenvalue weighted by atomic mass is 16.4. The number of carbonyl (C=O) groups excluding carboxylic acids is 1. The Hall–Kier alpha value is -3.02. The summed E-state index contributed by atoms with van der Waals surface area (Å²) in [6, 6.07) is 16.3. The van der Waals surface area contributed by atoms with E-state index in [-0.39, 0.29) is 18.7 Å². The van der Waals surface area contributed by atoms with E-state index in [9.17, 15) is 9.59 Å². The van der Waals surface area contributed by atoms with Gasteiger partial charge < -0.3 is 20.2 Å². The molecular formula is C21H25N3O3. The second kappa shape index (κ2) is 8.58. The number of nitrogens with zero attached hydrogens (tertiary/aromatic N) is 2. The molecule has 6 heteroatoms. The Morgan fingerprint density at radius 1 is 0.926 bits per heavy atom. The van der Waals surface area contributed by atoms with Crippen LogP contribution in [-0.4, -0.2) is 43.2 Å². The van der Waals surface area contributed by atoms with Crippen molar-refractivity contribution in [3.63, 3.8) is 0 Å². The molecule has 0 unspecified atom stereocenters. The predicted octanol–water partition coefficient (Wildman–Crippen LogP) is 3.12. The summed E-state index contributed by atoms with van der Waals surface area (Å²) in [5, 5.41) is 11.4. The first-order valence-corrected chi connectivity index (χ1v) is 9.19. The quantitative estimate of drug-likeness (QED) is 0.821. The number of anilines is 3. The van der Waals surface area contributed by atoms with E-state index >= 15 is 0 Å². The first kappa shape index (κ1) is 18.8. The Morgan fingerprint density at radius 3 is 2.15 bits per heavy atom. The minimum Gasteiger partial charge on any atom is -0.481 e. The van der Waals surface area contributed by atoms with Gasteiger partial charge in [-0.2, -0.15) is 0 Å². The average molecular weight is 367 g/mol. The number of carboxylic acid groups (broad SMARTS) is 1. The van der Waals surface area contributed by atoms with Crippen LogP contribution in [0.5, 0.6) is 0 Å². The van der Waals surface area contributed by atoms with Crippen molar-refractivity contribution in [3.05, 3.63) is 54.1 Å². The van der Waals surface area contributed by atoms with Gasteiger partial charge in [-0.1, -0.05) is 12.1 Å². The fourth-order valence-corrected chi connectivity index (χ4v) is 3.25. The molecule has 1 heterocycles. The highest BCUT2D eigenvalue weighted by molar-refractivity contribution is 5.92. The molecule has 0 bridgehead atoms. The monoisotopic (exact) mass is 367 g/mol. The van der Waals surface area contributed by atoms with Crippen LogP contribution in [0.25, 0.3) is 0 Å². The van der Waals surface area contributed by atoms with E-state index in [0.29, 0.717) is 5.69 Å². The van der Waals surface area contributed by atoms with Gasteiger partial charge in [0.25, 0.3) is 0 Å². The zero-order valence-corrected chi connectivity index (χ0v) is 15.5. The van der Waals surface area contributed by atoms with Gasteiger partial charge in [-0.3, -0.25) is 9.59 Å². The fourth-order valence-electron chi connectivity index (χ4n) is 3.25. The van der Waals surface area contributed by atoms with Gasteiger partial charge >= 0.3 is 5.97 Å². The summed E-state index contributed by atoms with van der Waals surface area (Å²) >= 11 is 0. The molecule has 1 aliphatic heterocycles. The zero-order chi connectivity index (χ0) is 19.2. The Morgan fingerprint density at radius 2 is 1.56 bits per heavy atom. The third-order valence-electron chi connectivity index (χ3n) is 4.73. The van der Waals surface area contributed by atoms with Crippen molar-refractivity contribution in [2.75, 3.05) is 41.3 Å². The van der Waals surface area contributed by atoms with Crippen molar-refractivity contribution in [1.29, 1.82) is 0 Å². The van der Waals surface area contributed by atoms with Crippen molar-refractivity contribution in [2.24, 2.45) is 0 Å². The van der Waals surface area contributed by atoms with Gasteiger partial charge in [0.15, 0.2) is 0 Å². The maximum absolute atomic E-state index is 11.7. The molecule has 3 rings (SSSR count). The van der Waals surface area contributed by atoms with Crippen LogP contribution in [0.15, 0.2) is 48.5 Å². The second-order valence-electron chi connectivity index (χ2n) is 6.80. The first-order valence-electron chi connectivity index (χ1n) is 9.19. The van der Waals surface area contributed by atoms with Crippen LogP contribution in [0, 0.1) is 6.92 Å². The molecule has 1 aliphatic rings. The Bertz CT molecular complexity index is 797. The van der Waals surface area contributed by atoms with Crippen molar-refractivity contribution < 1.29 is 14.7 Å². The lowest BCUT2D eigenvalue weighted by molar-refractivity contribution is -0.138. The number of carbonyl (C=O) groups is 2. The molecule has 0 saturated carbocycles. The summed E-state index contributed by atoms with van der Waals surface area (Å²) in [5.41, 5.74) is 4.36. The number of piperazine rings is 1. The van der Waals surface area contributed by atoms with E-state index in [1.54, 1.807) is 0 Å². The highest BCUT2D eigenvalue weighted by Crippen LogP contribution is 2.22. The smallest absolute Gasteiger partial charge is 0.303 e. The first-order chi connectivity index (χ1) is 13.0. The van der Waals surface area contributed by atoms with Crippen LogP contribution >= 0.6 is 0 Å². The molecule has 142 valence electrons. The van der Waals surface area contributed by atoms with Crippen LogP contribution in [-0.2, 0) is 9.59 Å². The third kappa shape index (κ3) is 5.23. The molecule has 1 fully saturated rings. The van der Waals surface area contributed by atoms with Crippen LogP contribution in [0.3, 0.4) is 0 Å². The van der Waals surface area contributed by atoms with Gasteiger partial charge in [0.1, 0.15) is 0 Å². The van der Waals surface area contributed by atoms with Crippen molar-refractivity contribution in [2.45, 2.75) is 19.8 Å². The van der Waals surface area contributed by atoms with E-state index in [1.165, 1.54) is 11.3 Å². The van der Waals surface area contributed by atoms with Crippen molar-refractivity contribution in [1.82, 2.24) is 0 Å². The number of amides is 1. The van der Waals surface area contributed by atoms with Gasteiger partial charge in [-0.15, -0.1) is 0 Å². The van der Waals surface area contributed by atoms with Crippen LogP contribution < -0.4 is 15.1 Å². The SMILES string of the molecule is Cc1cccc(N2CCN(c3ccc(NC(=O)CCC(=O)O)cc3)CC2)c1. The second-order valence-corrected chi connectivity index (χ2v) is 6.80. The molecule has 1 saturated heterocycles. The summed E-state index contributed by atoms with van der Waals surface area (Å²) in [7, 11) is 0. The molecule has 0 radical (unpaired) electrons. The minimum absolute atomic E-state index is 0.0159. The molecule has 2 N–H and O–H groups in total. The molecule has 0 aliphatic carbocycles. The summed E-state index contributed by atoms with van der Waals surface area (Å²) in [5.74, 6) is -1.25. The number of benzene rings is 2. The molecule has 2 aromatic rings. The van der Waals surface area contributed by atoms with Gasteiger partial charge in [-0.05, 0) is 48.9 Å². The Kier molecular flexibility index (Phi) is 5.96. The van der Waals surface area contributed by atoms with Crippen molar-refractivity contribution in [3.8, 4) is 0 Å². The molecule has 27 heavy (non-hydrogen) atoms. The standard InChI is InChI=1S/C21H25N3O3/c1-16-3-2-4-19(15-16)24-13-11-23(12-14-24)18-7-5-17(6-8-18)22-20(25)9-10-21(26)27/h2-8,15H,9-14H2,1H3,(H,22,25)(H,26,27). The Balaban J connectivity index is 1.52. The Labute approximate surface area is 159 Å². The molecule has 1 amide bonds. The van der Waals surface area contributed by atoms with Gasteiger partial charge in [0.05, 0.1) is 6.42 Å². The number of rotatable bonds is 6. The van der Waals surface area contributed by atoms with Crippen molar-refractivity contribution >= 4 is 28.9 Å². The maximum atomic E-state index is 11.7. The van der Waals surface area contributed by atoms with E-state index in [0.717, 1.165) is 31.9 Å². The van der Waals surface area contributed by atoms with E-state index in [1.807, 2.05) is 24.3 Å². The van der Waals surface area contributed by atoms with Crippen LogP contribution in [0.2, 0.25) is 0 Å². The molecular weight excluding hydrogens is 342 g/mol. The molecule has 6 nitrogen and oxygen atoms in total. The topological polar surface area (TPSA) is 72.9 Å². The minimum atomic E-state index is -0.967. The van der Waals surface area contributed by atoms with E-state index in [4.69, 9.17) is 5.11 Å². The lowest BCUT2D eigenvalue weighted by Crippen LogP contribution is -2.46. The summed E-state index contributed by atoms with van der Waals surface area (Å²) < 4.78 is 0. The maximum Gasteiger partial charge on any atom is 0.303 e. The van der Waals surface area contributed by atoms with E-state index in [2.05, 4.69) is 46.3 Å². The zero-order valence-electron chi connectivity index (χ0n) is 15.5. The predicted molar refractivity (Wildman–Crippen MR) is 108 cm³/mol. The molecule has 0 spiro atoms. The number of aliphatic carboxylic acids is 1. The number of carboxylic acids is 1. The van der Waals surface area contributed by atoms with Crippen LogP contribution in [0.1, 0.15) is 18.4 Å².